The highest BCUT2D eigenvalue weighted by molar-refractivity contribution is 7.80. The number of hydrogen-bond acceptors (Lipinski definition) is 5. The van der Waals surface area contributed by atoms with Crippen molar-refractivity contribution in [2.75, 3.05) is 27.1 Å². The van der Waals surface area contributed by atoms with Gasteiger partial charge in [-0.05, 0) is 36.9 Å². The Balaban J connectivity index is 1.94. The summed E-state index contributed by atoms with van der Waals surface area (Å²) in [5.74, 6) is 2.01. The molecule has 0 N–H and O–H groups in total. The van der Waals surface area contributed by atoms with Crippen LogP contribution in [0.3, 0.4) is 0 Å². The molecule has 6 heteroatoms. The molecule has 106 valence electrons. The van der Waals surface area contributed by atoms with Gasteiger partial charge in [0.15, 0.2) is 0 Å². The topological polar surface area (TPSA) is 40.2 Å². The molecule has 0 aromatic heterocycles. The van der Waals surface area contributed by atoms with Crippen molar-refractivity contribution in [1.82, 2.24) is 0 Å². The molecule has 0 aromatic rings. The van der Waals surface area contributed by atoms with E-state index in [0.717, 1.165) is 18.2 Å². The molecule has 4 atom stereocenters. The van der Waals surface area contributed by atoms with Gasteiger partial charge in [-0.15, -0.1) is 0 Å². The zero-order valence-electron chi connectivity index (χ0n) is 11.4. The van der Waals surface area contributed by atoms with Crippen molar-refractivity contribution in [2.24, 2.45) is 11.8 Å². The fraction of sp³-hybridized carbons (Fsp3) is 1.00. The highest BCUT2D eigenvalue weighted by Crippen LogP contribution is 2.44. The van der Waals surface area contributed by atoms with Crippen LogP contribution < -0.4 is 0 Å². The van der Waals surface area contributed by atoms with E-state index in [0.29, 0.717) is 24.0 Å². The second-order valence-electron chi connectivity index (χ2n) is 5.23. The molecule has 18 heavy (non-hydrogen) atoms. The maximum absolute atomic E-state index is 5.60. The van der Waals surface area contributed by atoms with Crippen LogP contribution in [0.1, 0.15) is 19.3 Å². The number of thiol groups is 1. The number of ether oxygens (including phenoxy) is 1. The molecular formula is C12H24O4SSi. The smallest absolute Gasteiger partial charge is 0.377 e. The van der Waals surface area contributed by atoms with Gasteiger partial charge in [-0.3, -0.25) is 0 Å². The average molecular weight is 292 g/mol. The molecule has 1 saturated heterocycles. The summed E-state index contributed by atoms with van der Waals surface area (Å²) in [5, 5.41) is 0. The monoisotopic (exact) mass is 292 g/mol. The third-order valence-corrected chi connectivity index (χ3v) is 7.75. The van der Waals surface area contributed by atoms with E-state index >= 15 is 0 Å². The lowest BCUT2D eigenvalue weighted by atomic mass is 9.81. The molecule has 0 radical (unpaired) electrons. The quantitative estimate of drug-likeness (QED) is 0.442. The molecular weight excluding hydrogens is 268 g/mol. The van der Waals surface area contributed by atoms with Crippen LogP contribution in [0.5, 0.6) is 0 Å². The maximum atomic E-state index is 5.60. The Morgan fingerprint density at radius 1 is 1.17 bits per heavy atom. The summed E-state index contributed by atoms with van der Waals surface area (Å²) in [6.45, 7) is 0. The minimum Gasteiger partial charge on any atom is -0.377 e. The number of epoxide rings is 1. The first kappa shape index (κ1) is 14.8. The van der Waals surface area contributed by atoms with Crippen molar-refractivity contribution in [1.29, 1.82) is 0 Å². The minimum atomic E-state index is -2.48. The molecule has 0 amide bonds. The fourth-order valence-corrected chi connectivity index (χ4v) is 5.85. The molecule has 1 heterocycles. The zero-order valence-corrected chi connectivity index (χ0v) is 13.3. The van der Waals surface area contributed by atoms with Crippen molar-refractivity contribution < 1.29 is 18.0 Å². The predicted octanol–water partition coefficient (Wildman–Crippen LogP) is 1.98. The second-order valence-corrected chi connectivity index (χ2v) is 8.59. The van der Waals surface area contributed by atoms with Crippen LogP contribution in [0.25, 0.3) is 0 Å². The highest BCUT2D eigenvalue weighted by Gasteiger charge is 2.48. The van der Waals surface area contributed by atoms with E-state index in [1.54, 1.807) is 21.3 Å². The van der Waals surface area contributed by atoms with Gasteiger partial charge in [-0.25, -0.2) is 0 Å². The van der Waals surface area contributed by atoms with E-state index in [-0.39, 0.29) is 0 Å². The normalized spacial score (nSPS) is 33.0. The first-order valence-corrected chi connectivity index (χ1v) is 9.16. The van der Waals surface area contributed by atoms with Crippen LogP contribution in [-0.2, 0) is 18.0 Å². The molecule has 1 saturated carbocycles. The van der Waals surface area contributed by atoms with E-state index in [1.807, 2.05) is 0 Å². The molecule has 1 aliphatic heterocycles. The Bertz CT molecular complexity index is 267. The third-order valence-electron chi connectivity index (χ3n) is 4.39. The predicted molar refractivity (Wildman–Crippen MR) is 74.9 cm³/mol. The van der Waals surface area contributed by atoms with E-state index < -0.39 is 8.80 Å². The molecule has 4 nitrogen and oxygen atoms in total. The van der Waals surface area contributed by atoms with Crippen LogP contribution in [-0.4, -0.2) is 48.1 Å². The molecule has 0 bridgehead atoms. The zero-order chi connectivity index (χ0) is 13.2. The first-order valence-electron chi connectivity index (χ1n) is 6.59. The molecule has 2 rings (SSSR count). The summed E-state index contributed by atoms with van der Waals surface area (Å²) in [6, 6.07) is 0.849. The fourth-order valence-electron chi connectivity index (χ4n) is 3.06. The van der Waals surface area contributed by atoms with Crippen LogP contribution in [0, 0.1) is 11.8 Å². The second kappa shape index (κ2) is 6.24. The van der Waals surface area contributed by atoms with E-state index in [9.17, 15) is 0 Å². The van der Waals surface area contributed by atoms with Crippen LogP contribution in [0.2, 0.25) is 6.04 Å². The van der Waals surface area contributed by atoms with Crippen molar-refractivity contribution in [3.05, 3.63) is 0 Å². The van der Waals surface area contributed by atoms with Crippen LogP contribution in [0.15, 0.2) is 0 Å². The van der Waals surface area contributed by atoms with Gasteiger partial charge >= 0.3 is 8.80 Å². The van der Waals surface area contributed by atoms with Gasteiger partial charge in [0, 0.05) is 27.4 Å². The van der Waals surface area contributed by atoms with E-state index in [2.05, 4.69) is 12.6 Å². The third kappa shape index (κ3) is 3.11. The Hall–Kier alpha value is 0.407. The summed E-state index contributed by atoms with van der Waals surface area (Å²) in [4.78, 5) is 0. The molecule has 1 aliphatic carbocycles. The highest BCUT2D eigenvalue weighted by atomic mass is 32.1. The van der Waals surface area contributed by atoms with Gasteiger partial charge < -0.3 is 18.0 Å². The van der Waals surface area contributed by atoms with Crippen LogP contribution >= 0.6 is 12.6 Å². The Morgan fingerprint density at radius 2 is 1.83 bits per heavy atom. The van der Waals surface area contributed by atoms with Crippen molar-refractivity contribution in [3.63, 3.8) is 0 Å². The number of hydrogen-bond donors (Lipinski definition) is 1. The van der Waals surface area contributed by atoms with Crippen LogP contribution in [0.4, 0.5) is 0 Å². The molecule has 2 aliphatic rings. The van der Waals surface area contributed by atoms with Crippen molar-refractivity contribution in [3.8, 4) is 0 Å². The average Bonchev–Trinajstić information content (AvgIpc) is 3.19. The number of rotatable bonds is 7. The van der Waals surface area contributed by atoms with Gasteiger partial charge in [-0.2, -0.15) is 12.6 Å². The lowest BCUT2D eigenvalue weighted by Crippen LogP contribution is -2.46. The largest absolute Gasteiger partial charge is 0.500 e. The van der Waals surface area contributed by atoms with Gasteiger partial charge in [0.05, 0.1) is 12.2 Å². The summed E-state index contributed by atoms with van der Waals surface area (Å²) in [7, 11) is 2.55. The summed E-state index contributed by atoms with van der Waals surface area (Å²) < 4.78 is 22.2. The number of fused-ring (bicyclic) bond motifs is 1. The van der Waals surface area contributed by atoms with Gasteiger partial charge in [-0.1, -0.05) is 0 Å². The Morgan fingerprint density at radius 3 is 2.33 bits per heavy atom. The molecule has 4 unspecified atom stereocenters. The summed E-state index contributed by atoms with van der Waals surface area (Å²) in [6.07, 6.45) is 4.65. The Kier molecular flexibility index (Phi) is 5.13. The van der Waals surface area contributed by atoms with Gasteiger partial charge in [0.1, 0.15) is 0 Å². The Labute approximate surface area is 116 Å². The van der Waals surface area contributed by atoms with Gasteiger partial charge in [0.25, 0.3) is 0 Å². The molecule has 0 aromatic carbocycles. The maximum Gasteiger partial charge on any atom is 0.500 e. The van der Waals surface area contributed by atoms with Crippen molar-refractivity contribution >= 4 is 21.4 Å². The summed E-state index contributed by atoms with van der Waals surface area (Å²) >= 11 is 4.51. The lowest BCUT2D eigenvalue weighted by Gasteiger charge is -2.33. The first-order chi connectivity index (χ1) is 8.68. The van der Waals surface area contributed by atoms with Crippen molar-refractivity contribution in [2.45, 2.75) is 37.5 Å². The van der Waals surface area contributed by atoms with E-state index in [1.165, 1.54) is 12.8 Å². The lowest BCUT2D eigenvalue weighted by molar-refractivity contribution is 0.113. The molecule has 0 spiro atoms. The molecule has 2 fully saturated rings. The SMILES string of the molecule is CO[Si](CC(CS)C1CCC2OC2C1)(OC)OC. The standard InChI is InChI=1S/C12H24O4SSi/c1-13-18(14-2,15-3)8-10(7-17)9-4-5-11-12(6-9)16-11/h9-12,17H,4-8H2,1-3H3. The van der Waals surface area contributed by atoms with E-state index in [4.69, 9.17) is 18.0 Å². The van der Waals surface area contributed by atoms with Gasteiger partial charge in [0.2, 0.25) is 0 Å². The minimum absolute atomic E-state index is 0.491. The summed E-state index contributed by atoms with van der Waals surface area (Å²) in [5.41, 5.74) is 0.